The van der Waals surface area contributed by atoms with Crippen LogP contribution in [0.3, 0.4) is 0 Å². The van der Waals surface area contributed by atoms with E-state index >= 15 is 0 Å². The number of likely N-dealkylation sites (N-methyl/N-ethyl adjacent to an activating group) is 1. The Morgan fingerprint density at radius 2 is 2.29 bits per heavy atom. The second-order valence-corrected chi connectivity index (χ2v) is 4.29. The minimum Gasteiger partial charge on any atom is -0.319 e. The summed E-state index contributed by atoms with van der Waals surface area (Å²) in [6.45, 7) is 3.36. The number of hydrogen-bond donors (Lipinski definition) is 1. The van der Waals surface area contributed by atoms with Crippen molar-refractivity contribution < 1.29 is 0 Å². The maximum absolute atomic E-state index is 3.30. The van der Waals surface area contributed by atoms with E-state index in [4.69, 9.17) is 0 Å². The zero-order chi connectivity index (χ0) is 9.97. The van der Waals surface area contributed by atoms with Gasteiger partial charge in [-0.3, -0.25) is 0 Å². The lowest BCUT2D eigenvalue weighted by Crippen LogP contribution is -2.21. The van der Waals surface area contributed by atoms with Crippen LogP contribution in [0, 0.1) is 6.92 Å². The lowest BCUT2D eigenvalue weighted by atomic mass is 9.81. The highest BCUT2D eigenvalue weighted by molar-refractivity contribution is 5.38. The Bertz CT molecular complexity index is 317. The first-order valence-corrected chi connectivity index (χ1v) is 5.56. The van der Waals surface area contributed by atoms with Gasteiger partial charge >= 0.3 is 0 Å². The van der Waals surface area contributed by atoms with E-state index in [1.807, 2.05) is 7.05 Å². The summed E-state index contributed by atoms with van der Waals surface area (Å²) in [5.74, 6) is 0.739. The van der Waals surface area contributed by atoms with E-state index in [0.717, 1.165) is 12.5 Å². The number of nitrogens with one attached hydrogen (secondary N) is 1. The Kier molecular flexibility index (Phi) is 2.87. The Hall–Kier alpha value is -0.820. The van der Waals surface area contributed by atoms with E-state index in [2.05, 4.69) is 30.4 Å². The first-order valence-electron chi connectivity index (χ1n) is 5.56. The predicted octanol–water partition coefficient (Wildman–Crippen LogP) is 2.63. The molecule has 1 heteroatoms. The molecule has 1 aromatic carbocycles. The van der Waals surface area contributed by atoms with Crippen molar-refractivity contribution in [2.75, 3.05) is 13.6 Å². The van der Waals surface area contributed by atoms with Gasteiger partial charge in [-0.2, -0.15) is 0 Å². The van der Waals surface area contributed by atoms with Gasteiger partial charge in [0.25, 0.3) is 0 Å². The van der Waals surface area contributed by atoms with E-state index in [1.54, 1.807) is 11.1 Å². The maximum Gasteiger partial charge on any atom is 0.00172 e. The molecule has 76 valence electrons. The monoisotopic (exact) mass is 189 g/mol. The van der Waals surface area contributed by atoms with Gasteiger partial charge in [-0.05, 0) is 55.8 Å². The largest absolute Gasteiger partial charge is 0.319 e. The fourth-order valence-corrected chi connectivity index (χ4v) is 2.59. The highest BCUT2D eigenvalue weighted by Gasteiger charge is 2.19. The van der Waals surface area contributed by atoms with Gasteiger partial charge in [0.2, 0.25) is 0 Å². The fraction of sp³-hybridized carbons (Fsp3) is 0.538. The number of hydrogen-bond acceptors (Lipinski definition) is 1. The summed E-state index contributed by atoms with van der Waals surface area (Å²) in [7, 11) is 2.05. The van der Waals surface area contributed by atoms with Gasteiger partial charge < -0.3 is 5.32 Å². The van der Waals surface area contributed by atoms with E-state index in [1.165, 1.54) is 24.8 Å². The van der Waals surface area contributed by atoms with E-state index in [-0.39, 0.29) is 0 Å². The minimum absolute atomic E-state index is 0.739. The molecule has 1 nitrogen and oxygen atoms in total. The smallest absolute Gasteiger partial charge is 0.00172 e. The van der Waals surface area contributed by atoms with Crippen molar-refractivity contribution in [3.05, 3.63) is 34.9 Å². The predicted molar refractivity (Wildman–Crippen MR) is 60.8 cm³/mol. The third kappa shape index (κ3) is 1.69. The number of aryl methyl sites for hydroxylation is 1. The molecular weight excluding hydrogens is 170 g/mol. The number of benzene rings is 1. The molecule has 0 aromatic heterocycles. The van der Waals surface area contributed by atoms with Crippen LogP contribution >= 0.6 is 0 Å². The van der Waals surface area contributed by atoms with Crippen molar-refractivity contribution >= 4 is 0 Å². The van der Waals surface area contributed by atoms with Gasteiger partial charge in [0.15, 0.2) is 0 Å². The summed E-state index contributed by atoms with van der Waals surface area (Å²) in [4.78, 5) is 0. The average Bonchev–Trinajstić information content (AvgIpc) is 2.20. The molecule has 0 saturated heterocycles. The van der Waals surface area contributed by atoms with Crippen LogP contribution in [0.1, 0.15) is 35.4 Å². The van der Waals surface area contributed by atoms with Crippen molar-refractivity contribution in [3.8, 4) is 0 Å². The zero-order valence-corrected chi connectivity index (χ0v) is 9.14. The molecule has 1 atom stereocenters. The Labute approximate surface area is 86.5 Å². The second-order valence-electron chi connectivity index (χ2n) is 4.29. The van der Waals surface area contributed by atoms with Crippen molar-refractivity contribution in [3.63, 3.8) is 0 Å². The van der Waals surface area contributed by atoms with Gasteiger partial charge in [-0.25, -0.2) is 0 Å². The van der Waals surface area contributed by atoms with Gasteiger partial charge in [0.05, 0.1) is 0 Å². The van der Waals surface area contributed by atoms with Crippen LogP contribution in [-0.4, -0.2) is 13.6 Å². The fourth-order valence-electron chi connectivity index (χ4n) is 2.59. The molecule has 0 amide bonds. The first kappa shape index (κ1) is 9.72. The van der Waals surface area contributed by atoms with Gasteiger partial charge in [-0.1, -0.05) is 18.2 Å². The third-order valence-electron chi connectivity index (χ3n) is 3.32. The van der Waals surface area contributed by atoms with Crippen LogP contribution < -0.4 is 5.32 Å². The lowest BCUT2D eigenvalue weighted by Gasteiger charge is -2.26. The number of fused-ring (bicyclic) bond motifs is 1. The quantitative estimate of drug-likeness (QED) is 0.754. The summed E-state index contributed by atoms with van der Waals surface area (Å²) in [5, 5.41) is 3.30. The molecule has 2 rings (SSSR count). The molecule has 0 aliphatic heterocycles. The molecule has 1 N–H and O–H groups in total. The lowest BCUT2D eigenvalue weighted by molar-refractivity contribution is 0.527. The van der Waals surface area contributed by atoms with Crippen LogP contribution in [0.4, 0.5) is 0 Å². The minimum atomic E-state index is 0.739. The zero-order valence-electron chi connectivity index (χ0n) is 9.14. The van der Waals surface area contributed by atoms with Crippen LogP contribution in [0.25, 0.3) is 0 Å². The molecule has 0 saturated carbocycles. The third-order valence-corrected chi connectivity index (χ3v) is 3.32. The van der Waals surface area contributed by atoms with E-state index in [0.29, 0.717) is 0 Å². The van der Waals surface area contributed by atoms with Gasteiger partial charge in [0, 0.05) is 6.54 Å². The highest BCUT2D eigenvalue weighted by Crippen LogP contribution is 2.32. The molecule has 0 heterocycles. The van der Waals surface area contributed by atoms with Crippen LogP contribution in [0.15, 0.2) is 18.2 Å². The maximum atomic E-state index is 3.30. The van der Waals surface area contributed by atoms with Gasteiger partial charge in [0.1, 0.15) is 0 Å². The van der Waals surface area contributed by atoms with Gasteiger partial charge in [-0.15, -0.1) is 0 Å². The van der Waals surface area contributed by atoms with Crippen LogP contribution in [0.2, 0.25) is 0 Å². The normalized spacial score (nSPS) is 20.6. The molecule has 1 aromatic rings. The van der Waals surface area contributed by atoms with Crippen molar-refractivity contribution in [1.29, 1.82) is 0 Å². The molecular formula is C13H19N. The van der Waals surface area contributed by atoms with Crippen molar-refractivity contribution in [2.24, 2.45) is 0 Å². The van der Waals surface area contributed by atoms with Crippen molar-refractivity contribution in [1.82, 2.24) is 5.32 Å². The highest BCUT2D eigenvalue weighted by atomic mass is 14.8. The van der Waals surface area contributed by atoms with E-state index in [9.17, 15) is 0 Å². The Balaban J connectivity index is 2.34. The molecule has 14 heavy (non-hydrogen) atoms. The summed E-state index contributed by atoms with van der Waals surface area (Å²) in [5.41, 5.74) is 4.67. The Morgan fingerprint density at radius 3 is 3.07 bits per heavy atom. The second kappa shape index (κ2) is 4.14. The topological polar surface area (TPSA) is 12.0 Å². The summed E-state index contributed by atoms with van der Waals surface area (Å²) in [6.07, 6.45) is 3.98. The Morgan fingerprint density at radius 1 is 1.43 bits per heavy atom. The summed E-state index contributed by atoms with van der Waals surface area (Å²) in [6, 6.07) is 6.74. The number of rotatable bonds is 2. The summed E-state index contributed by atoms with van der Waals surface area (Å²) >= 11 is 0. The molecule has 0 fully saturated rings. The first-order chi connectivity index (χ1) is 6.83. The van der Waals surface area contributed by atoms with Crippen molar-refractivity contribution in [2.45, 2.75) is 32.1 Å². The molecule has 0 spiro atoms. The molecule has 1 aliphatic rings. The molecule has 0 bridgehead atoms. The van der Waals surface area contributed by atoms with Crippen LogP contribution in [-0.2, 0) is 6.42 Å². The SMILES string of the molecule is CNCC1CCCc2c(C)cccc21. The molecule has 0 radical (unpaired) electrons. The van der Waals surface area contributed by atoms with Crippen LogP contribution in [0.5, 0.6) is 0 Å². The summed E-state index contributed by atoms with van der Waals surface area (Å²) < 4.78 is 0. The standard InChI is InChI=1S/C13H19N/c1-10-5-3-8-13-11(9-14-2)6-4-7-12(10)13/h3,5,8,11,14H,4,6-7,9H2,1-2H3. The molecule has 1 aliphatic carbocycles. The molecule has 1 unspecified atom stereocenters. The van der Waals surface area contributed by atoms with E-state index < -0.39 is 0 Å². The average molecular weight is 189 g/mol.